The number of anilines is 1. The summed E-state index contributed by atoms with van der Waals surface area (Å²) < 4.78 is 3.06. The highest BCUT2D eigenvalue weighted by atomic mass is 32.1. The molecule has 1 aliphatic rings. The molecule has 27 heavy (non-hydrogen) atoms. The van der Waals surface area contributed by atoms with E-state index in [2.05, 4.69) is 25.7 Å². The van der Waals surface area contributed by atoms with Crippen LogP contribution in [0, 0.1) is 0 Å². The monoisotopic (exact) mass is 387 g/mol. The Morgan fingerprint density at radius 2 is 2.22 bits per heavy atom. The molecular formula is C17H21N7O2S. The zero-order valence-electron chi connectivity index (χ0n) is 15.0. The fraction of sp³-hybridized carbons (Fsp3) is 0.471. The number of aryl methyl sites for hydroxylation is 2. The SMILES string of the molecule is Cn1nc(C2CCNCC2)nc1NC(=O)CCn1cnc2sccc2c1=O. The maximum atomic E-state index is 12.4. The molecule has 142 valence electrons. The molecule has 10 heteroatoms. The minimum Gasteiger partial charge on any atom is -0.317 e. The Labute approximate surface area is 159 Å². The van der Waals surface area contributed by atoms with E-state index in [0.29, 0.717) is 22.1 Å². The first-order valence-electron chi connectivity index (χ1n) is 8.96. The van der Waals surface area contributed by atoms with E-state index in [9.17, 15) is 9.59 Å². The lowest BCUT2D eigenvalue weighted by atomic mass is 9.98. The molecule has 0 spiro atoms. The van der Waals surface area contributed by atoms with Gasteiger partial charge in [-0.1, -0.05) is 0 Å². The number of nitrogens with one attached hydrogen (secondary N) is 2. The van der Waals surface area contributed by atoms with E-state index in [1.807, 2.05) is 5.38 Å². The van der Waals surface area contributed by atoms with Crippen LogP contribution >= 0.6 is 11.3 Å². The van der Waals surface area contributed by atoms with Crippen LogP contribution in [-0.4, -0.2) is 43.3 Å². The van der Waals surface area contributed by atoms with Gasteiger partial charge in [0.2, 0.25) is 11.9 Å². The third kappa shape index (κ3) is 3.76. The molecule has 0 aliphatic carbocycles. The summed E-state index contributed by atoms with van der Waals surface area (Å²) in [6.07, 6.45) is 3.65. The average molecular weight is 387 g/mol. The van der Waals surface area contributed by atoms with Crippen molar-refractivity contribution >= 4 is 33.4 Å². The van der Waals surface area contributed by atoms with Gasteiger partial charge in [0, 0.05) is 25.9 Å². The molecule has 1 amide bonds. The van der Waals surface area contributed by atoms with Crippen LogP contribution in [0.25, 0.3) is 10.2 Å². The van der Waals surface area contributed by atoms with Crippen molar-refractivity contribution in [3.8, 4) is 0 Å². The zero-order valence-corrected chi connectivity index (χ0v) is 15.8. The quantitative estimate of drug-likeness (QED) is 0.679. The second kappa shape index (κ2) is 7.57. The van der Waals surface area contributed by atoms with Crippen LogP contribution in [0.1, 0.15) is 31.0 Å². The highest BCUT2D eigenvalue weighted by molar-refractivity contribution is 7.16. The maximum Gasteiger partial charge on any atom is 0.262 e. The summed E-state index contributed by atoms with van der Waals surface area (Å²) in [5, 5.41) is 13.0. The number of aromatic nitrogens is 5. The number of amides is 1. The Bertz CT molecular complexity index is 1020. The summed E-state index contributed by atoms with van der Waals surface area (Å²) >= 11 is 1.43. The van der Waals surface area contributed by atoms with E-state index < -0.39 is 0 Å². The molecule has 4 rings (SSSR count). The largest absolute Gasteiger partial charge is 0.317 e. The summed E-state index contributed by atoms with van der Waals surface area (Å²) in [4.78, 5) is 34.1. The maximum absolute atomic E-state index is 12.4. The Hall–Kier alpha value is -2.59. The number of thiophene rings is 1. The number of carbonyl (C=O) groups excluding carboxylic acids is 1. The smallest absolute Gasteiger partial charge is 0.262 e. The van der Waals surface area contributed by atoms with Gasteiger partial charge in [-0.05, 0) is 37.4 Å². The number of piperidine rings is 1. The van der Waals surface area contributed by atoms with Crippen LogP contribution < -0.4 is 16.2 Å². The molecule has 0 aromatic carbocycles. The van der Waals surface area contributed by atoms with E-state index in [4.69, 9.17) is 0 Å². The Morgan fingerprint density at radius 1 is 1.41 bits per heavy atom. The van der Waals surface area contributed by atoms with E-state index >= 15 is 0 Å². The van der Waals surface area contributed by atoms with Gasteiger partial charge in [-0.2, -0.15) is 10.1 Å². The van der Waals surface area contributed by atoms with Gasteiger partial charge in [0.05, 0.1) is 11.7 Å². The first kappa shape index (κ1) is 17.8. The fourth-order valence-corrected chi connectivity index (χ4v) is 3.95. The third-order valence-electron chi connectivity index (χ3n) is 4.77. The summed E-state index contributed by atoms with van der Waals surface area (Å²) in [6, 6.07) is 1.76. The number of hydrogen-bond donors (Lipinski definition) is 2. The van der Waals surface area contributed by atoms with Gasteiger partial charge in [-0.25, -0.2) is 9.67 Å². The molecule has 9 nitrogen and oxygen atoms in total. The number of nitrogens with zero attached hydrogens (tertiary/aromatic N) is 5. The lowest BCUT2D eigenvalue weighted by Crippen LogP contribution is -2.27. The van der Waals surface area contributed by atoms with Crippen molar-refractivity contribution in [3.05, 3.63) is 34.0 Å². The zero-order chi connectivity index (χ0) is 18.8. The van der Waals surface area contributed by atoms with E-state index in [0.717, 1.165) is 31.8 Å². The third-order valence-corrected chi connectivity index (χ3v) is 5.59. The average Bonchev–Trinajstić information content (AvgIpc) is 3.29. The van der Waals surface area contributed by atoms with Gasteiger partial charge in [-0.3, -0.25) is 19.5 Å². The predicted molar refractivity (Wildman–Crippen MR) is 103 cm³/mol. The van der Waals surface area contributed by atoms with Crippen LogP contribution in [0.4, 0.5) is 5.95 Å². The van der Waals surface area contributed by atoms with Crippen LogP contribution in [0.3, 0.4) is 0 Å². The van der Waals surface area contributed by atoms with Gasteiger partial charge < -0.3 is 5.32 Å². The van der Waals surface area contributed by atoms with Crippen LogP contribution in [0.15, 0.2) is 22.6 Å². The van der Waals surface area contributed by atoms with Crippen LogP contribution in [0.2, 0.25) is 0 Å². The topological polar surface area (TPSA) is 107 Å². The normalized spacial score (nSPS) is 15.3. The molecule has 0 bridgehead atoms. The fourth-order valence-electron chi connectivity index (χ4n) is 3.23. The molecule has 0 unspecified atom stereocenters. The van der Waals surface area contributed by atoms with Crippen molar-refractivity contribution in [1.29, 1.82) is 0 Å². The van der Waals surface area contributed by atoms with Gasteiger partial charge in [0.25, 0.3) is 5.56 Å². The van der Waals surface area contributed by atoms with Crippen molar-refractivity contribution in [1.82, 2.24) is 29.6 Å². The number of hydrogen-bond acceptors (Lipinski definition) is 7. The lowest BCUT2D eigenvalue weighted by molar-refractivity contribution is -0.116. The number of carbonyl (C=O) groups is 1. The molecule has 4 heterocycles. The highest BCUT2D eigenvalue weighted by Crippen LogP contribution is 2.23. The van der Waals surface area contributed by atoms with Crippen molar-refractivity contribution in [3.63, 3.8) is 0 Å². The Morgan fingerprint density at radius 3 is 3.04 bits per heavy atom. The summed E-state index contributed by atoms with van der Waals surface area (Å²) in [5.41, 5.74) is -0.124. The van der Waals surface area contributed by atoms with Crippen molar-refractivity contribution in [2.45, 2.75) is 31.7 Å². The summed E-state index contributed by atoms with van der Waals surface area (Å²) in [7, 11) is 1.77. The molecule has 1 aliphatic heterocycles. The minimum absolute atomic E-state index is 0.124. The van der Waals surface area contributed by atoms with Crippen LogP contribution in [0.5, 0.6) is 0 Å². The second-order valence-corrected chi connectivity index (χ2v) is 7.52. The molecule has 2 N–H and O–H groups in total. The van der Waals surface area contributed by atoms with Gasteiger partial charge >= 0.3 is 0 Å². The number of rotatable bonds is 5. The van der Waals surface area contributed by atoms with Crippen molar-refractivity contribution in [2.24, 2.45) is 7.05 Å². The molecule has 3 aromatic rings. The molecule has 1 saturated heterocycles. The standard InChI is InChI=1S/C17H21N7O2S/c1-23-17(21-14(22-23)11-2-6-18-7-3-11)20-13(25)4-8-24-10-19-15-12(16(24)26)5-9-27-15/h5,9-11,18H,2-4,6-8H2,1H3,(H,20,21,22,25). The predicted octanol–water partition coefficient (Wildman–Crippen LogP) is 1.08. The van der Waals surface area contributed by atoms with E-state index in [-0.39, 0.29) is 24.4 Å². The number of fused-ring (bicyclic) bond motifs is 1. The van der Waals surface area contributed by atoms with Crippen molar-refractivity contribution < 1.29 is 4.79 Å². The summed E-state index contributed by atoms with van der Waals surface area (Å²) in [6.45, 7) is 2.19. The molecule has 0 saturated carbocycles. The summed E-state index contributed by atoms with van der Waals surface area (Å²) in [5.74, 6) is 1.33. The van der Waals surface area contributed by atoms with E-state index in [1.54, 1.807) is 17.8 Å². The molecular weight excluding hydrogens is 366 g/mol. The van der Waals surface area contributed by atoms with Gasteiger partial charge in [0.15, 0.2) is 5.82 Å². The molecule has 0 atom stereocenters. The Balaban J connectivity index is 1.39. The van der Waals surface area contributed by atoms with Gasteiger partial charge in [0.1, 0.15) is 4.83 Å². The second-order valence-electron chi connectivity index (χ2n) is 6.62. The first-order valence-corrected chi connectivity index (χ1v) is 9.84. The van der Waals surface area contributed by atoms with Crippen molar-refractivity contribution in [2.75, 3.05) is 18.4 Å². The molecule has 3 aromatic heterocycles. The lowest BCUT2D eigenvalue weighted by Gasteiger charge is -2.19. The Kier molecular flexibility index (Phi) is 4.99. The molecule has 0 radical (unpaired) electrons. The minimum atomic E-state index is -0.209. The van der Waals surface area contributed by atoms with Gasteiger partial charge in [-0.15, -0.1) is 11.3 Å². The first-order chi connectivity index (χ1) is 13.1. The highest BCUT2D eigenvalue weighted by Gasteiger charge is 2.21. The molecule has 1 fully saturated rings. The van der Waals surface area contributed by atoms with E-state index in [1.165, 1.54) is 22.2 Å². The van der Waals surface area contributed by atoms with Crippen LogP contribution in [-0.2, 0) is 18.4 Å².